The molecule has 4 nitrogen and oxygen atoms in total. The summed E-state index contributed by atoms with van der Waals surface area (Å²) in [4.78, 5) is 18.9. The van der Waals surface area contributed by atoms with Crippen LogP contribution >= 0.6 is 0 Å². The van der Waals surface area contributed by atoms with Crippen molar-refractivity contribution in [3.05, 3.63) is 78.4 Å². The summed E-state index contributed by atoms with van der Waals surface area (Å²) in [5, 5.41) is 0. The lowest BCUT2D eigenvalue weighted by molar-refractivity contribution is -0.127. The average molecular weight is 349 g/mol. The number of fused-ring (bicyclic) bond motifs is 1. The van der Waals surface area contributed by atoms with Gasteiger partial charge >= 0.3 is 0 Å². The maximum Gasteiger partial charge on any atom is 0.223 e. The maximum atomic E-state index is 13.2. The molecule has 0 aliphatic carbocycles. The van der Waals surface area contributed by atoms with E-state index in [0.29, 0.717) is 26.1 Å². The Labute approximate surface area is 151 Å². The van der Waals surface area contributed by atoms with Gasteiger partial charge in [-0.25, -0.2) is 9.37 Å². The zero-order valence-corrected chi connectivity index (χ0v) is 14.4. The van der Waals surface area contributed by atoms with Crippen LogP contribution in [0.4, 0.5) is 4.39 Å². The summed E-state index contributed by atoms with van der Waals surface area (Å²) in [6.07, 6.45) is 2.21. The number of nitrogens with zero attached hydrogens (tertiary/aromatic N) is 3. The van der Waals surface area contributed by atoms with Crippen molar-refractivity contribution in [2.75, 3.05) is 13.1 Å². The van der Waals surface area contributed by atoms with E-state index in [1.54, 1.807) is 18.2 Å². The lowest BCUT2D eigenvalue weighted by Gasteiger charge is -2.15. The predicted molar refractivity (Wildman–Crippen MR) is 99.4 cm³/mol. The molecule has 0 N–H and O–H groups in total. The summed E-state index contributed by atoms with van der Waals surface area (Å²) in [5.74, 6) is 0.854. The number of hydrogen-bond donors (Lipinski definition) is 0. The number of para-hydroxylation sites is 2. The van der Waals surface area contributed by atoms with Crippen molar-refractivity contribution in [1.29, 1.82) is 0 Å². The fourth-order valence-electron chi connectivity index (χ4n) is 3.62. The van der Waals surface area contributed by atoms with Crippen molar-refractivity contribution in [1.82, 2.24) is 14.5 Å². The molecule has 0 radical (unpaired) electrons. The number of hydrogen-bond acceptors (Lipinski definition) is 2. The first-order valence-electron chi connectivity index (χ1n) is 8.74. The maximum absolute atomic E-state index is 13.2. The number of rotatable bonds is 5. The van der Waals surface area contributed by atoms with E-state index in [4.69, 9.17) is 4.98 Å². The Morgan fingerprint density at radius 2 is 1.96 bits per heavy atom. The van der Waals surface area contributed by atoms with Gasteiger partial charge in [-0.15, -0.1) is 6.58 Å². The molecule has 26 heavy (non-hydrogen) atoms. The molecule has 1 amide bonds. The molecule has 2 heterocycles. The van der Waals surface area contributed by atoms with Gasteiger partial charge < -0.3 is 9.47 Å². The summed E-state index contributed by atoms with van der Waals surface area (Å²) in [6, 6.07) is 14.5. The number of benzene rings is 2. The van der Waals surface area contributed by atoms with E-state index >= 15 is 0 Å². The summed E-state index contributed by atoms with van der Waals surface area (Å²) in [5.41, 5.74) is 2.95. The quantitative estimate of drug-likeness (QED) is 0.659. The molecule has 1 aromatic heterocycles. The van der Waals surface area contributed by atoms with E-state index in [0.717, 1.165) is 22.4 Å². The lowest BCUT2D eigenvalue weighted by atomic mass is 10.1. The smallest absolute Gasteiger partial charge is 0.223 e. The minimum Gasteiger partial charge on any atom is -0.338 e. The summed E-state index contributed by atoms with van der Waals surface area (Å²) >= 11 is 0. The SMILES string of the molecule is C=CCN1C[C@H](c2nc3ccccc3n2Cc2ccc(F)cc2)CC1=O. The highest BCUT2D eigenvalue weighted by molar-refractivity contribution is 5.81. The average Bonchev–Trinajstić information content (AvgIpc) is 3.18. The molecule has 0 bridgehead atoms. The summed E-state index contributed by atoms with van der Waals surface area (Å²) in [7, 11) is 0. The van der Waals surface area contributed by atoms with E-state index in [-0.39, 0.29) is 17.6 Å². The second-order valence-corrected chi connectivity index (χ2v) is 6.66. The van der Waals surface area contributed by atoms with Crippen molar-refractivity contribution in [3.8, 4) is 0 Å². The Hall–Kier alpha value is -2.95. The molecule has 1 saturated heterocycles. The molecular formula is C21H20FN3O. The number of imidazole rings is 1. The van der Waals surface area contributed by atoms with Gasteiger partial charge in [-0.2, -0.15) is 0 Å². The van der Waals surface area contributed by atoms with Crippen LogP contribution in [0.2, 0.25) is 0 Å². The molecular weight excluding hydrogens is 329 g/mol. The molecule has 1 aliphatic rings. The van der Waals surface area contributed by atoms with Gasteiger partial charge in [0.2, 0.25) is 5.91 Å². The van der Waals surface area contributed by atoms with E-state index in [2.05, 4.69) is 11.1 Å². The predicted octanol–water partition coefficient (Wildman–Crippen LogP) is 3.73. The van der Waals surface area contributed by atoms with Gasteiger partial charge in [0.1, 0.15) is 11.6 Å². The second-order valence-electron chi connectivity index (χ2n) is 6.66. The Morgan fingerprint density at radius 1 is 1.19 bits per heavy atom. The van der Waals surface area contributed by atoms with Gasteiger partial charge in [-0.05, 0) is 29.8 Å². The third-order valence-electron chi connectivity index (χ3n) is 4.87. The fraction of sp³-hybridized carbons (Fsp3) is 0.238. The molecule has 1 aliphatic heterocycles. The number of aromatic nitrogens is 2. The fourth-order valence-corrected chi connectivity index (χ4v) is 3.62. The number of carbonyl (C=O) groups excluding carboxylic acids is 1. The molecule has 4 rings (SSSR count). The first-order valence-corrected chi connectivity index (χ1v) is 8.74. The van der Waals surface area contributed by atoms with Crippen molar-refractivity contribution < 1.29 is 9.18 Å². The number of halogens is 1. The highest BCUT2D eigenvalue weighted by Crippen LogP contribution is 2.30. The molecule has 5 heteroatoms. The van der Waals surface area contributed by atoms with Crippen LogP contribution in [0.15, 0.2) is 61.2 Å². The van der Waals surface area contributed by atoms with Crippen LogP contribution in [0.5, 0.6) is 0 Å². The third kappa shape index (κ3) is 3.01. The van der Waals surface area contributed by atoms with Gasteiger partial charge in [0, 0.05) is 32.0 Å². The van der Waals surface area contributed by atoms with Crippen LogP contribution in [-0.2, 0) is 11.3 Å². The normalized spacial score (nSPS) is 17.2. The highest BCUT2D eigenvalue weighted by atomic mass is 19.1. The minimum atomic E-state index is -0.245. The molecule has 1 atom stereocenters. The molecule has 132 valence electrons. The van der Waals surface area contributed by atoms with Gasteiger partial charge in [-0.3, -0.25) is 4.79 Å². The van der Waals surface area contributed by atoms with Crippen molar-refractivity contribution in [2.24, 2.45) is 0 Å². The van der Waals surface area contributed by atoms with Crippen molar-refractivity contribution in [2.45, 2.75) is 18.9 Å². The zero-order valence-electron chi connectivity index (χ0n) is 14.4. The minimum absolute atomic E-state index is 0.0512. The monoisotopic (exact) mass is 349 g/mol. The van der Waals surface area contributed by atoms with Crippen LogP contribution in [0.1, 0.15) is 23.7 Å². The third-order valence-corrected chi connectivity index (χ3v) is 4.87. The zero-order chi connectivity index (χ0) is 18.1. The number of likely N-dealkylation sites (tertiary alicyclic amines) is 1. The Bertz CT molecular complexity index is 961. The largest absolute Gasteiger partial charge is 0.338 e. The van der Waals surface area contributed by atoms with Crippen molar-refractivity contribution in [3.63, 3.8) is 0 Å². The standard InChI is InChI=1S/C21H20FN3O/c1-2-11-24-14-16(12-20(24)26)21-23-18-5-3-4-6-19(18)25(21)13-15-7-9-17(22)10-8-15/h2-10,16H,1,11-14H2/t16-/m1/s1. The first-order chi connectivity index (χ1) is 12.7. The first kappa shape index (κ1) is 16.5. The van der Waals surface area contributed by atoms with Crippen molar-refractivity contribution >= 4 is 16.9 Å². The molecule has 3 aromatic rings. The number of carbonyl (C=O) groups is 1. The van der Waals surface area contributed by atoms with Gasteiger partial charge in [0.15, 0.2) is 0 Å². The van der Waals surface area contributed by atoms with Gasteiger partial charge in [0.25, 0.3) is 0 Å². The lowest BCUT2D eigenvalue weighted by Crippen LogP contribution is -2.25. The van der Waals surface area contributed by atoms with E-state index in [1.807, 2.05) is 29.2 Å². The molecule has 0 spiro atoms. The molecule has 2 aromatic carbocycles. The van der Waals surface area contributed by atoms with E-state index in [1.165, 1.54) is 12.1 Å². The molecule has 0 unspecified atom stereocenters. The molecule has 1 fully saturated rings. The Balaban J connectivity index is 1.73. The second kappa shape index (κ2) is 6.75. The van der Waals surface area contributed by atoms with Crippen LogP contribution in [-0.4, -0.2) is 33.4 Å². The van der Waals surface area contributed by atoms with E-state index < -0.39 is 0 Å². The number of amides is 1. The summed E-state index contributed by atoms with van der Waals surface area (Å²) in [6.45, 7) is 5.54. The van der Waals surface area contributed by atoms with Gasteiger partial charge in [0.05, 0.1) is 11.0 Å². The van der Waals surface area contributed by atoms with Crippen LogP contribution in [0.3, 0.4) is 0 Å². The highest BCUT2D eigenvalue weighted by Gasteiger charge is 2.33. The van der Waals surface area contributed by atoms with E-state index in [9.17, 15) is 9.18 Å². The van der Waals surface area contributed by atoms with Crippen LogP contribution in [0.25, 0.3) is 11.0 Å². The van der Waals surface area contributed by atoms with Crippen LogP contribution in [0, 0.1) is 5.82 Å². The van der Waals surface area contributed by atoms with Gasteiger partial charge in [-0.1, -0.05) is 30.3 Å². The summed E-state index contributed by atoms with van der Waals surface area (Å²) < 4.78 is 15.4. The Morgan fingerprint density at radius 3 is 2.73 bits per heavy atom. The molecule has 0 saturated carbocycles. The topological polar surface area (TPSA) is 38.1 Å². The Kier molecular flexibility index (Phi) is 4.29. The van der Waals surface area contributed by atoms with Crippen LogP contribution < -0.4 is 0 Å².